The van der Waals surface area contributed by atoms with Crippen molar-refractivity contribution in [3.05, 3.63) is 46.9 Å². The summed E-state index contributed by atoms with van der Waals surface area (Å²) in [4.78, 5) is 28.4. The number of benzene rings is 1. The summed E-state index contributed by atoms with van der Waals surface area (Å²) >= 11 is 0. The van der Waals surface area contributed by atoms with Gasteiger partial charge in [0.1, 0.15) is 18.3 Å². The second-order valence-corrected chi connectivity index (χ2v) is 4.62. The maximum Gasteiger partial charge on any atom is 0.336 e. The Bertz CT molecular complexity index is 655. The van der Waals surface area contributed by atoms with Gasteiger partial charge in [0.15, 0.2) is 0 Å². The number of carbonyl (C=O) groups is 2. The number of nitrogens with zero attached hydrogens (tertiary/aromatic N) is 1. The van der Waals surface area contributed by atoms with Gasteiger partial charge in [-0.15, -0.1) is 0 Å². The number of oxime groups is 1. The molecule has 0 spiro atoms. The molecule has 0 saturated heterocycles. The molecule has 0 aromatic heterocycles. The van der Waals surface area contributed by atoms with Crippen LogP contribution in [0.1, 0.15) is 12.5 Å². The molecule has 0 saturated carbocycles. The van der Waals surface area contributed by atoms with Gasteiger partial charge in [0.25, 0.3) is 0 Å². The highest BCUT2D eigenvalue weighted by Crippen LogP contribution is 2.21. The Kier molecular flexibility index (Phi) is 4.88. The molecule has 6 nitrogen and oxygen atoms in total. The Balaban J connectivity index is 2.01. The van der Waals surface area contributed by atoms with Crippen LogP contribution in [0.2, 0.25) is 0 Å². The van der Waals surface area contributed by atoms with Gasteiger partial charge < -0.3 is 14.9 Å². The summed E-state index contributed by atoms with van der Waals surface area (Å²) in [6, 6.07) is 6.13. The molecule has 22 heavy (non-hydrogen) atoms. The molecule has 1 aromatic rings. The average molecular weight is 306 g/mol. The molecule has 116 valence electrons. The first-order chi connectivity index (χ1) is 10.5. The lowest BCUT2D eigenvalue weighted by Gasteiger charge is -2.06. The third-order valence-corrected chi connectivity index (χ3v) is 3.18. The molecule has 1 unspecified atom stereocenters. The summed E-state index contributed by atoms with van der Waals surface area (Å²) in [5.41, 5.74) is 0.948. The molecule has 1 atom stereocenters. The van der Waals surface area contributed by atoms with E-state index >= 15 is 0 Å². The maximum atomic E-state index is 13.4. The quantitative estimate of drug-likeness (QED) is 0.508. The predicted octanol–water partition coefficient (Wildman–Crippen LogP) is 1.52. The summed E-state index contributed by atoms with van der Waals surface area (Å²) in [5, 5.41) is 6.18. The fourth-order valence-electron chi connectivity index (χ4n) is 2.05. The molecule has 0 bridgehead atoms. The van der Waals surface area contributed by atoms with Gasteiger partial charge in [-0.25, -0.2) is 9.18 Å². The van der Waals surface area contributed by atoms with Crippen LogP contribution in [0.5, 0.6) is 0 Å². The molecule has 1 aliphatic heterocycles. The van der Waals surface area contributed by atoms with Crippen LogP contribution < -0.4 is 5.32 Å². The first-order valence-electron chi connectivity index (χ1n) is 6.53. The van der Waals surface area contributed by atoms with E-state index in [1.165, 1.54) is 19.4 Å². The van der Waals surface area contributed by atoms with Crippen LogP contribution in [0.3, 0.4) is 0 Å². The van der Waals surface area contributed by atoms with E-state index in [0.717, 1.165) is 0 Å². The molecule has 0 fully saturated rings. The molecule has 1 aliphatic rings. The van der Waals surface area contributed by atoms with E-state index in [9.17, 15) is 14.0 Å². The fourth-order valence-corrected chi connectivity index (χ4v) is 2.05. The van der Waals surface area contributed by atoms with Crippen molar-refractivity contribution in [3.8, 4) is 0 Å². The summed E-state index contributed by atoms with van der Waals surface area (Å²) in [5.74, 6) is -2.28. The highest BCUT2D eigenvalue weighted by atomic mass is 19.1. The first-order valence-corrected chi connectivity index (χ1v) is 6.53. The van der Waals surface area contributed by atoms with Gasteiger partial charge in [-0.3, -0.25) is 4.79 Å². The third-order valence-electron chi connectivity index (χ3n) is 3.18. The SMILES string of the molecule is COC(=O)C1=C(C)NC(=O)C1/C=N/OCc1ccccc1F. The number of esters is 1. The van der Waals surface area contributed by atoms with Crippen LogP contribution in [-0.4, -0.2) is 25.2 Å². The van der Waals surface area contributed by atoms with Crippen LogP contribution >= 0.6 is 0 Å². The number of rotatable bonds is 5. The minimum atomic E-state index is -0.881. The molecule has 0 radical (unpaired) electrons. The molecule has 1 aromatic carbocycles. The van der Waals surface area contributed by atoms with Gasteiger partial charge in [-0.1, -0.05) is 23.4 Å². The number of carbonyl (C=O) groups excluding carboxylic acids is 2. The number of hydrogen-bond acceptors (Lipinski definition) is 5. The smallest absolute Gasteiger partial charge is 0.336 e. The van der Waals surface area contributed by atoms with E-state index in [0.29, 0.717) is 11.3 Å². The second-order valence-electron chi connectivity index (χ2n) is 4.62. The minimum absolute atomic E-state index is 0.0756. The Hall–Kier alpha value is -2.70. The van der Waals surface area contributed by atoms with E-state index in [-0.39, 0.29) is 12.2 Å². The zero-order chi connectivity index (χ0) is 16.1. The molecule has 1 heterocycles. The first kappa shape index (κ1) is 15.7. The summed E-state index contributed by atoms with van der Waals surface area (Å²) in [7, 11) is 1.23. The average Bonchev–Trinajstić information content (AvgIpc) is 2.78. The maximum absolute atomic E-state index is 13.4. The summed E-state index contributed by atoms with van der Waals surface area (Å²) in [6.07, 6.45) is 1.19. The van der Waals surface area contributed by atoms with Crippen molar-refractivity contribution in [1.82, 2.24) is 5.32 Å². The van der Waals surface area contributed by atoms with Crippen LogP contribution in [0, 0.1) is 11.7 Å². The summed E-state index contributed by atoms with van der Waals surface area (Å²) in [6.45, 7) is 1.52. The van der Waals surface area contributed by atoms with Gasteiger partial charge in [-0.2, -0.15) is 0 Å². The largest absolute Gasteiger partial charge is 0.466 e. The standard InChI is InChI=1S/C15H15FN2O4/c1-9-13(15(20)21-2)11(14(19)18-9)7-17-22-8-10-5-3-4-6-12(10)16/h3-7,11H,8H2,1-2H3,(H,18,19)/b17-7+. The van der Waals surface area contributed by atoms with Crippen LogP contribution in [0.25, 0.3) is 0 Å². The van der Waals surface area contributed by atoms with Crippen molar-refractivity contribution < 1.29 is 23.6 Å². The molecule has 1 N–H and O–H groups in total. The van der Waals surface area contributed by atoms with Crippen molar-refractivity contribution in [2.45, 2.75) is 13.5 Å². The predicted molar refractivity (Wildman–Crippen MR) is 76.0 cm³/mol. The topological polar surface area (TPSA) is 77.0 Å². The van der Waals surface area contributed by atoms with Gasteiger partial charge in [0.05, 0.1) is 18.9 Å². The lowest BCUT2D eigenvalue weighted by molar-refractivity contribution is -0.137. The number of nitrogens with one attached hydrogen (secondary N) is 1. The van der Waals surface area contributed by atoms with Crippen LogP contribution in [-0.2, 0) is 25.8 Å². The zero-order valence-corrected chi connectivity index (χ0v) is 12.1. The van der Waals surface area contributed by atoms with Gasteiger partial charge >= 0.3 is 5.97 Å². The molecule has 1 amide bonds. The van der Waals surface area contributed by atoms with Crippen molar-refractivity contribution in [2.24, 2.45) is 11.1 Å². The van der Waals surface area contributed by atoms with Crippen LogP contribution in [0.4, 0.5) is 4.39 Å². The molecule has 7 heteroatoms. The molecule has 2 rings (SSSR count). The van der Waals surface area contributed by atoms with E-state index < -0.39 is 23.6 Å². The zero-order valence-electron chi connectivity index (χ0n) is 12.1. The Morgan fingerprint density at radius 2 is 2.18 bits per heavy atom. The van der Waals surface area contributed by atoms with Crippen molar-refractivity contribution in [3.63, 3.8) is 0 Å². The van der Waals surface area contributed by atoms with Crippen molar-refractivity contribution in [2.75, 3.05) is 7.11 Å². The molecule has 0 aliphatic carbocycles. The Labute approximate surface area is 126 Å². The second kappa shape index (κ2) is 6.84. The van der Waals surface area contributed by atoms with Gasteiger partial charge in [0.2, 0.25) is 5.91 Å². The number of halogens is 1. The van der Waals surface area contributed by atoms with Gasteiger partial charge in [-0.05, 0) is 13.0 Å². The molecular formula is C15H15FN2O4. The van der Waals surface area contributed by atoms with E-state index in [1.807, 2.05) is 0 Å². The molecular weight excluding hydrogens is 291 g/mol. The van der Waals surface area contributed by atoms with Crippen LogP contribution in [0.15, 0.2) is 40.7 Å². The Morgan fingerprint density at radius 1 is 1.45 bits per heavy atom. The fraction of sp³-hybridized carbons (Fsp3) is 0.267. The number of methoxy groups -OCH3 is 1. The minimum Gasteiger partial charge on any atom is -0.466 e. The highest BCUT2D eigenvalue weighted by Gasteiger charge is 2.35. The summed E-state index contributed by atoms with van der Waals surface area (Å²) < 4.78 is 18.0. The van der Waals surface area contributed by atoms with Gasteiger partial charge in [0, 0.05) is 11.3 Å². The number of amides is 1. The van der Waals surface area contributed by atoms with Crippen molar-refractivity contribution in [1.29, 1.82) is 0 Å². The van der Waals surface area contributed by atoms with E-state index in [1.54, 1.807) is 25.1 Å². The normalized spacial score (nSPS) is 17.8. The Morgan fingerprint density at radius 3 is 2.86 bits per heavy atom. The lowest BCUT2D eigenvalue weighted by atomic mass is 10.0. The van der Waals surface area contributed by atoms with E-state index in [2.05, 4.69) is 15.2 Å². The van der Waals surface area contributed by atoms with E-state index in [4.69, 9.17) is 4.84 Å². The number of ether oxygens (including phenoxy) is 1. The number of allylic oxidation sites excluding steroid dienone is 1. The van der Waals surface area contributed by atoms with Crippen molar-refractivity contribution >= 4 is 18.1 Å². The lowest BCUT2D eigenvalue weighted by Crippen LogP contribution is -2.24. The number of hydrogen-bond donors (Lipinski definition) is 1. The highest BCUT2D eigenvalue weighted by molar-refractivity contribution is 6.10. The monoisotopic (exact) mass is 306 g/mol. The third kappa shape index (κ3) is 3.30.